The minimum atomic E-state index is -0.623. The Hall–Kier alpha value is -2.07. The molecule has 2 aliphatic rings. The van der Waals surface area contributed by atoms with Crippen LogP contribution in [-0.4, -0.2) is 17.4 Å². The molecule has 0 spiro atoms. The fourth-order valence-electron chi connectivity index (χ4n) is 4.03. The molecule has 5 heteroatoms. The monoisotopic (exact) mass is 401 g/mol. The number of halogens is 1. The third-order valence-corrected chi connectivity index (χ3v) is 5.31. The zero-order valence-corrected chi connectivity index (χ0v) is 18.2. The van der Waals surface area contributed by atoms with Gasteiger partial charge in [0.05, 0.1) is 5.57 Å². The molecule has 0 fully saturated rings. The largest absolute Gasteiger partial charge is 0.457 e. The van der Waals surface area contributed by atoms with E-state index in [1.54, 1.807) is 12.1 Å². The summed E-state index contributed by atoms with van der Waals surface area (Å²) in [7, 11) is 0. The Balaban J connectivity index is 2.15. The van der Waals surface area contributed by atoms with Crippen LogP contribution in [0, 0.1) is 5.41 Å². The molecule has 1 aromatic carbocycles. The molecule has 3 rings (SSSR count). The van der Waals surface area contributed by atoms with Gasteiger partial charge in [-0.3, -0.25) is 4.79 Å². The number of hydrogen-bond acceptors (Lipinski definition) is 4. The van der Waals surface area contributed by atoms with Gasteiger partial charge in [-0.25, -0.2) is 4.79 Å². The number of dihydropyridines is 1. The second kappa shape index (κ2) is 7.07. The lowest BCUT2D eigenvalue weighted by molar-refractivity contribution is -0.150. The molecule has 28 heavy (non-hydrogen) atoms. The summed E-state index contributed by atoms with van der Waals surface area (Å²) in [6.07, 6.45) is 1.22. The number of benzene rings is 1. The van der Waals surface area contributed by atoms with Crippen LogP contribution >= 0.6 is 11.6 Å². The van der Waals surface area contributed by atoms with E-state index in [2.05, 4.69) is 19.2 Å². The van der Waals surface area contributed by atoms with Gasteiger partial charge in [0.2, 0.25) is 0 Å². The van der Waals surface area contributed by atoms with E-state index in [9.17, 15) is 9.59 Å². The highest BCUT2D eigenvalue weighted by Crippen LogP contribution is 2.47. The number of carbonyl (C=O) groups is 2. The lowest BCUT2D eigenvalue weighted by Crippen LogP contribution is -2.39. The van der Waals surface area contributed by atoms with Crippen molar-refractivity contribution in [3.63, 3.8) is 0 Å². The lowest BCUT2D eigenvalue weighted by atomic mass is 9.68. The normalized spacial score (nSPS) is 22.0. The van der Waals surface area contributed by atoms with Gasteiger partial charge in [0.15, 0.2) is 5.78 Å². The van der Waals surface area contributed by atoms with Crippen molar-refractivity contribution >= 4 is 23.4 Å². The van der Waals surface area contributed by atoms with Crippen molar-refractivity contribution in [2.75, 3.05) is 0 Å². The summed E-state index contributed by atoms with van der Waals surface area (Å²) in [5.74, 6) is -0.777. The predicted octanol–water partition coefficient (Wildman–Crippen LogP) is 5.29. The molecule has 0 saturated carbocycles. The molecular formula is C23H28ClNO3. The zero-order valence-electron chi connectivity index (χ0n) is 17.4. The van der Waals surface area contributed by atoms with Crippen LogP contribution in [0.4, 0.5) is 0 Å². The second-order valence-electron chi connectivity index (χ2n) is 9.48. The minimum Gasteiger partial charge on any atom is -0.457 e. The Kier molecular flexibility index (Phi) is 5.22. The summed E-state index contributed by atoms with van der Waals surface area (Å²) in [5, 5.41) is 3.96. The third-order valence-electron chi connectivity index (χ3n) is 5.06. The maximum Gasteiger partial charge on any atom is 0.337 e. The maximum absolute atomic E-state index is 13.2. The van der Waals surface area contributed by atoms with E-state index in [0.29, 0.717) is 22.6 Å². The Morgan fingerprint density at radius 1 is 1.18 bits per heavy atom. The molecule has 0 aromatic heterocycles. The lowest BCUT2D eigenvalue weighted by Gasteiger charge is -2.39. The van der Waals surface area contributed by atoms with E-state index >= 15 is 0 Å². The first-order valence-corrected chi connectivity index (χ1v) is 9.99. The van der Waals surface area contributed by atoms with Gasteiger partial charge in [-0.05, 0) is 57.2 Å². The fourth-order valence-corrected chi connectivity index (χ4v) is 4.15. The van der Waals surface area contributed by atoms with Crippen molar-refractivity contribution in [1.82, 2.24) is 5.32 Å². The van der Waals surface area contributed by atoms with Crippen molar-refractivity contribution in [3.05, 3.63) is 57.4 Å². The molecule has 1 N–H and O–H groups in total. The van der Waals surface area contributed by atoms with Crippen molar-refractivity contribution < 1.29 is 14.3 Å². The molecule has 0 radical (unpaired) electrons. The van der Waals surface area contributed by atoms with Gasteiger partial charge in [-0.2, -0.15) is 0 Å². The number of Topliss-reactive ketones (excluding diaryl/α,β-unsaturated/α-hetero) is 1. The van der Waals surface area contributed by atoms with E-state index < -0.39 is 17.5 Å². The minimum absolute atomic E-state index is 0.0762. The molecule has 0 bridgehead atoms. The van der Waals surface area contributed by atoms with Crippen LogP contribution in [0.5, 0.6) is 0 Å². The molecule has 150 valence electrons. The average Bonchev–Trinajstić information content (AvgIpc) is 2.51. The van der Waals surface area contributed by atoms with Crippen LogP contribution in [0.15, 0.2) is 46.8 Å². The summed E-state index contributed by atoms with van der Waals surface area (Å²) >= 11 is 6.07. The van der Waals surface area contributed by atoms with Crippen molar-refractivity contribution in [2.24, 2.45) is 5.41 Å². The SMILES string of the molecule is CC1=C(C(=O)OC(C)(C)C)[C@H](c2ccc(Cl)cc2)C2=C(CC(C)(C)CC2=O)N1. The van der Waals surface area contributed by atoms with Gasteiger partial charge in [0, 0.05) is 34.3 Å². The van der Waals surface area contributed by atoms with Crippen LogP contribution in [0.25, 0.3) is 0 Å². The first kappa shape index (κ1) is 20.7. The molecule has 1 aliphatic carbocycles. The van der Waals surface area contributed by atoms with Gasteiger partial charge >= 0.3 is 5.97 Å². The van der Waals surface area contributed by atoms with Crippen molar-refractivity contribution in [3.8, 4) is 0 Å². The second-order valence-corrected chi connectivity index (χ2v) is 9.92. The van der Waals surface area contributed by atoms with Crippen LogP contribution in [0.1, 0.15) is 65.9 Å². The average molecular weight is 402 g/mol. The van der Waals surface area contributed by atoms with Gasteiger partial charge in [0.1, 0.15) is 5.60 Å². The van der Waals surface area contributed by atoms with E-state index in [1.165, 1.54) is 0 Å². The Morgan fingerprint density at radius 2 is 1.79 bits per heavy atom. The number of esters is 1. The summed E-state index contributed by atoms with van der Waals surface area (Å²) in [5.41, 5.74) is 2.94. The van der Waals surface area contributed by atoms with Crippen LogP contribution in [-0.2, 0) is 14.3 Å². The number of allylic oxidation sites excluding steroid dienone is 3. The number of ketones is 1. The van der Waals surface area contributed by atoms with Gasteiger partial charge in [-0.1, -0.05) is 37.6 Å². The quantitative estimate of drug-likeness (QED) is 0.684. The third kappa shape index (κ3) is 4.17. The molecule has 1 aromatic rings. The number of hydrogen-bond donors (Lipinski definition) is 1. The molecule has 1 heterocycles. The van der Waals surface area contributed by atoms with E-state index in [0.717, 1.165) is 23.4 Å². The standard InChI is InChI=1S/C23H28ClNO3/c1-13-18(21(27)28-22(2,3)4)19(14-7-9-15(24)10-8-14)20-16(25-13)11-23(5,6)12-17(20)26/h7-10,19,25H,11-12H2,1-6H3/t19-/m0/s1. The molecule has 1 aliphatic heterocycles. The topological polar surface area (TPSA) is 55.4 Å². The Bertz CT molecular complexity index is 885. The summed E-state index contributed by atoms with van der Waals surface area (Å²) in [6, 6.07) is 7.35. The molecule has 0 amide bonds. The Morgan fingerprint density at radius 3 is 2.36 bits per heavy atom. The van der Waals surface area contributed by atoms with Crippen molar-refractivity contribution in [2.45, 2.75) is 65.9 Å². The predicted molar refractivity (Wildman–Crippen MR) is 111 cm³/mol. The molecule has 0 unspecified atom stereocenters. The van der Waals surface area contributed by atoms with Gasteiger partial charge in [0.25, 0.3) is 0 Å². The van der Waals surface area contributed by atoms with E-state index in [1.807, 2.05) is 39.8 Å². The molecular weight excluding hydrogens is 374 g/mol. The first-order chi connectivity index (χ1) is 12.9. The number of carbonyl (C=O) groups excluding carboxylic acids is 2. The van der Waals surface area contributed by atoms with Crippen LogP contribution in [0.2, 0.25) is 5.02 Å². The number of ether oxygens (including phenoxy) is 1. The highest BCUT2D eigenvalue weighted by Gasteiger charge is 2.43. The summed E-state index contributed by atoms with van der Waals surface area (Å²) in [4.78, 5) is 26.3. The van der Waals surface area contributed by atoms with Gasteiger partial charge in [-0.15, -0.1) is 0 Å². The smallest absolute Gasteiger partial charge is 0.337 e. The highest BCUT2D eigenvalue weighted by atomic mass is 35.5. The van der Waals surface area contributed by atoms with E-state index in [4.69, 9.17) is 16.3 Å². The van der Waals surface area contributed by atoms with Gasteiger partial charge < -0.3 is 10.1 Å². The zero-order chi connectivity index (χ0) is 20.9. The van der Waals surface area contributed by atoms with Crippen molar-refractivity contribution in [1.29, 1.82) is 0 Å². The molecule has 4 nitrogen and oxygen atoms in total. The summed E-state index contributed by atoms with van der Waals surface area (Å²) in [6.45, 7) is 11.6. The molecule has 0 saturated heterocycles. The summed E-state index contributed by atoms with van der Waals surface area (Å²) < 4.78 is 5.68. The number of nitrogens with one attached hydrogen (secondary N) is 1. The van der Waals surface area contributed by atoms with Crippen LogP contribution < -0.4 is 5.32 Å². The first-order valence-electron chi connectivity index (χ1n) is 9.61. The van der Waals surface area contributed by atoms with Crippen LogP contribution in [0.3, 0.4) is 0 Å². The highest BCUT2D eigenvalue weighted by molar-refractivity contribution is 6.30. The maximum atomic E-state index is 13.2. The van der Waals surface area contributed by atoms with E-state index in [-0.39, 0.29) is 11.2 Å². The fraction of sp³-hybridized carbons (Fsp3) is 0.478. The number of rotatable bonds is 2. The molecule has 1 atom stereocenters. The Labute approximate surface area is 172 Å².